The van der Waals surface area contributed by atoms with Gasteiger partial charge in [0.1, 0.15) is 28.6 Å². The second-order valence-corrected chi connectivity index (χ2v) is 9.00. The maximum absolute atomic E-state index is 13.9. The molecule has 9 heteroatoms. The van der Waals surface area contributed by atoms with E-state index < -0.39 is 28.7 Å². The highest BCUT2D eigenvalue weighted by molar-refractivity contribution is 5.94. The molecule has 1 amide bonds. The summed E-state index contributed by atoms with van der Waals surface area (Å²) in [5, 5.41) is 20.7. The van der Waals surface area contributed by atoms with Gasteiger partial charge in [-0.05, 0) is 43.7 Å². The average molecular weight is 480 g/mol. The Morgan fingerprint density at radius 3 is 2.49 bits per heavy atom. The van der Waals surface area contributed by atoms with E-state index in [1.165, 1.54) is 6.07 Å². The van der Waals surface area contributed by atoms with Gasteiger partial charge in [0.05, 0.1) is 6.54 Å². The molecule has 3 aromatic rings. The smallest absolute Gasteiger partial charge is 0.257 e. The number of nitrogens with one attached hydrogen (secondary N) is 1. The minimum Gasteiger partial charge on any atom is -0.378 e. The quantitative estimate of drug-likeness (QED) is 0.550. The average Bonchev–Trinajstić information content (AvgIpc) is 3.09. The van der Waals surface area contributed by atoms with Gasteiger partial charge in [-0.2, -0.15) is 0 Å². The van der Waals surface area contributed by atoms with Crippen LogP contribution in [-0.2, 0) is 26.1 Å². The van der Waals surface area contributed by atoms with Crippen molar-refractivity contribution in [1.82, 2.24) is 25.0 Å². The molecule has 0 radical (unpaired) electrons. The minimum absolute atomic E-state index is 0.0206. The fraction of sp³-hybridized carbons (Fsp3) is 0.346. The molecule has 2 heterocycles. The van der Waals surface area contributed by atoms with Gasteiger partial charge in [-0.3, -0.25) is 9.69 Å². The number of halogens is 2. The van der Waals surface area contributed by atoms with Crippen LogP contribution in [-0.4, -0.2) is 49.4 Å². The molecule has 7 nitrogen and oxygen atoms in total. The second kappa shape index (κ2) is 10.3. The summed E-state index contributed by atoms with van der Waals surface area (Å²) in [6.07, 6.45) is 0.692. The van der Waals surface area contributed by atoms with E-state index >= 15 is 0 Å². The molecule has 4 rings (SSSR count). The first-order valence-electron chi connectivity index (χ1n) is 11.4. The number of nitrogens with zero attached hydrogens (tertiary/aromatic N) is 4. The van der Waals surface area contributed by atoms with Crippen LogP contribution in [0.5, 0.6) is 0 Å². The first-order valence-corrected chi connectivity index (χ1v) is 11.4. The van der Waals surface area contributed by atoms with Crippen LogP contribution in [0.2, 0.25) is 0 Å². The summed E-state index contributed by atoms with van der Waals surface area (Å²) in [5.74, 6) is 4.49. The number of aromatic nitrogens is 3. The zero-order chi connectivity index (χ0) is 25.0. The van der Waals surface area contributed by atoms with Crippen molar-refractivity contribution in [3.63, 3.8) is 0 Å². The molecule has 1 aliphatic rings. The summed E-state index contributed by atoms with van der Waals surface area (Å²) < 4.78 is 29.7. The molecule has 1 aliphatic heterocycles. The Hall–Kier alpha value is -3.61. The second-order valence-electron chi connectivity index (χ2n) is 9.00. The van der Waals surface area contributed by atoms with Gasteiger partial charge in [-0.1, -0.05) is 30.0 Å². The molecule has 1 aromatic heterocycles. The standard InChI is InChI=1S/C26H27F2N5O2/c1-26(2,35)12-10-18-6-8-19(9-7-18)17-32-13-11-22-30-31-23(33(22)15-14-32)16-29-25(34)24-20(27)4-3-5-21(24)28/h3-9,35H,11,13-17H2,1-2H3,(H,29,34). The summed E-state index contributed by atoms with van der Waals surface area (Å²) in [7, 11) is 0. The third-order valence-corrected chi connectivity index (χ3v) is 5.67. The molecule has 0 saturated carbocycles. The van der Waals surface area contributed by atoms with Crippen LogP contribution in [0.25, 0.3) is 0 Å². The van der Waals surface area contributed by atoms with Gasteiger partial charge in [0.15, 0.2) is 5.82 Å². The zero-order valence-electron chi connectivity index (χ0n) is 19.7. The number of rotatable bonds is 5. The summed E-state index contributed by atoms with van der Waals surface area (Å²) >= 11 is 0. The summed E-state index contributed by atoms with van der Waals surface area (Å²) in [4.78, 5) is 14.6. The Labute approximate surface area is 202 Å². The van der Waals surface area contributed by atoms with Gasteiger partial charge < -0.3 is 15.0 Å². The van der Waals surface area contributed by atoms with Crippen molar-refractivity contribution in [3.8, 4) is 11.8 Å². The number of carbonyl (C=O) groups excluding carboxylic acids is 1. The predicted octanol–water partition coefficient (Wildman–Crippen LogP) is 2.67. The Kier molecular flexibility index (Phi) is 7.24. The monoisotopic (exact) mass is 479 g/mol. The molecule has 0 aliphatic carbocycles. The normalized spacial score (nSPS) is 14.0. The molecular formula is C26H27F2N5O2. The third-order valence-electron chi connectivity index (χ3n) is 5.67. The molecule has 2 N–H and O–H groups in total. The fourth-order valence-corrected chi connectivity index (χ4v) is 3.85. The lowest BCUT2D eigenvalue weighted by atomic mass is 10.1. The van der Waals surface area contributed by atoms with Crippen molar-refractivity contribution in [3.05, 3.63) is 82.4 Å². The summed E-state index contributed by atoms with van der Waals surface area (Å²) in [6, 6.07) is 11.3. The van der Waals surface area contributed by atoms with E-state index in [1.54, 1.807) is 13.8 Å². The van der Waals surface area contributed by atoms with E-state index in [4.69, 9.17) is 0 Å². The molecular weight excluding hydrogens is 452 g/mol. The number of hydrogen-bond donors (Lipinski definition) is 2. The predicted molar refractivity (Wildman–Crippen MR) is 126 cm³/mol. The van der Waals surface area contributed by atoms with Crippen molar-refractivity contribution in [2.45, 2.75) is 45.5 Å². The Bertz CT molecular complexity index is 1250. The van der Waals surface area contributed by atoms with Gasteiger partial charge in [0.2, 0.25) is 0 Å². The lowest BCUT2D eigenvalue weighted by Crippen LogP contribution is -2.28. The lowest BCUT2D eigenvalue weighted by Gasteiger charge is -2.19. The zero-order valence-corrected chi connectivity index (χ0v) is 19.7. The number of amides is 1. The molecule has 35 heavy (non-hydrogen) atoms. The van der Waals surface area contributed by atoms with Crippen LogP contribution < -0.4 is 5.32 Å². The van der Waals surface area contributed by atoms with Gasteiger partial charge in [0.25, 0.3) is 5.91 Å². The van der Waals surface area contributed by atoms with E-state index in [-0.39, 0.29) is 6.54 Å². The van der Waals surface area contributed by atoms with E-state index in [2.05, 4.69) is 32.3 Å². The maximum atomic E-state index is 13.9. The van der Waals surface area contributed by atoms with E-state index in [9.17, 15) is 18.7 Å². The number of hydrogen-bond acceptors (Lipinski definition) is 5. The molecule has 0 saturated heterocycles. The van der Waals surface area contributed by atoms with Crippen LogP contribution in [0.3, 0.4) is 0 Å². The molecule has 0 bridgehead atoms. The molecule has 0 spiro atoms. The van der Waals surface area contributed by atoms with Crippen molar-refractivity contribution in [2.24, 2.45) is 0 Å². The van der Waals surface area contributed by atoms with Crippen LogP contribution in [0, 0.1) is 23.5 Å². The largest absolute Gasteiger partial charge is 0.378 e. The first-order chi connectivity index (χ1) is 16.7. The third kappa shape index (κ3) is 6.29. The van der Waals surface area contributed by atoms with Crippen molar-refractivity contribution in [1.29, 1.82) is 0 Å². The maximum Gasteiger partial charge on any atom is 0.257 e. The fourth-order valence-electron chi connectivity index (χ4n) is 3.85. The molecule has 0 fully saturated rings. The van der Waals surface area contributed by atoms with Crippen molar-refractivity contribution >= 4 is 5.91 Å². The lowest BCUT2D eigenvalue weighted by molar-refractivity contribution is 0.0940. The summed E-state index contributed by atoms with van der Waals surface area (Å²) in [5.41, 5.74) is 0.363. The highest BCUT2D eigenvalue weighted by Crippen LogP contribution is 2.15. The first kappa shape index (κ1) is 24.5. The van der Waals surface area contributed by atoms with Crippen molar-refractivity contribution in [2.75, 3.05) is 13.1 Å². The van der Waals surface area contributed by atoms with Crippen LogP contribution in [0.15, 0.2) is 42.5 Å². The molecule has 182 valence electrons. The molecule has 2 aromatic carbocycles. The van der Waals surface area contributed by atoms with Crippen LogP contribution >= 0.6 is 0 Å². The van der Waals surface area contributed by atoms with Gasteiger partial charge in [0, 0.05) is 38.2 Å². The van der Waals surface area contributed by atoms with Crippen LogP contribution in [0.1, 0.15) is 47.0 Å². The van der Waals surface area contributed by atoms with Crippen molar-refractivity contribution < 1.29 is 18.7 Å². The Morgan fingerprint density at radius 1 is 1.09 bits per heavy atom. The summed E-state index contributed by atoms with van der Waals surface area (Å²) in [6.45, 7) is 6.27. The Balaban J connectivity index is 1.35. The highest BCUT2D eigenvalue weighted by atomic mass is 19.1. The Morgan fingerprint density at radius 2 is 1.80 bits per heavy atom. The van der Waals surface area contributed by atoms with E-state index in [1.807, 2.05) is 28.8 Å². The van der Waals surface area contributed by atoms with Crippen LogP contribution in [0.4, 0.5) is 8.78 Å². The molecule has 0 unspecified atom stereocenters. The molecule has 0 atom stereocenters. The van der Waals surface area contributed by atoms with Gasteiger partial charge >= 0.3 is 0 Å². The number of carbonyl (C=O) groups is 1. The van der Waals surface area contributed by atoms with Gasteiger partial charge in [-0.15, -0.1) is 10.2 Å². The number of fused-ring (bicyclic) bond motifs is 1. The SMILES string of the molecule is CC(C)(O)C#Cc1ccc(CN2CCc3nnc(CNC(=O)c4c(F)cccc4F)n3CC2)cc1. The topological polar surface area (TPSA) is 83.3 Å². The number of benzene rings is 2. The van der Waals surface area contributed by atoms with E-state index in [0.29, 0.717) is 18.8 Å². The number of aliphatic hydroxyl groups is 1. The minimum atomic E-state index is -1.03. The van der Waals surface area contributed by atoms with Gasteiger partial charge in [-0.25, -0.2) is 8.78 Å². The highest BCUT2D eigenvalue weighted by Gasteiger charge is 2.21. The van der Waals surface area contributed by atoms with E-state index in [0.717, 1.165) is 48.7 Å².